The summed E-state index contributed by atoms with van der Waals surface area (Å²) in [4.78, 5) is 37.7. The van der Waals surface area contributed by atoms with Crippen LogP contribution in [-0.4, -0.2) is 23.5 Å². The molecule has 3 amide bonds. The minimum absolute atomic E-state index is 0.268. The van der Waals surface area contributed by atoms with Crippen molar-refractivity contribution < 1.29 is 19.1 Å². The Balaban J connectivity index is 1.57. The predicted molar refractivity (Wildman–Crippen MR) is 128 cm³/mol. The van der Waals surface area contributed by atoms with Crippen LogP contribution in [0.2, 0.25) is 0 Å². The summed E-state index contributed by atoms with van der Waals surface area (Å²) in [5, 5.41) is 8.23. The van der Waals surface area contributed by atoms with Gasteiger partial charge < -0.3 is 15.4 Å². The fourth-order valence-electron chi connectivity index (χ4n) is 2.66. The van der Waals surface area contributed by atoms with Gasteiger partial charge in [0.25, 0.3) is 11.8 Å². The largest absolute Gasteiger partial charge is 0.444 e. The highest BCUT2D eigenvalue weighted by Gasteiger charge is 2.17. The molecule has 1 heterocycles. The molecule has 0 saturated carbocycles. The van der Waals surface area contributed by atoms with E-state index in [9.17, 15) is 14.4 Å². The highest BCUT2D eigenvalue weighted by atomic mass is 32.1. The minimum Gasteiger partial charge on any atom is -0.444 e. The summed E-state index contributed by atoms with van der Waals surface area (Å²) >= 11 is 1.11. The van der Waals surface area contributed by atoms with E-state index in [4.69, 9.17) is 4.74 Å². The molecule has 0 aliphatic rings. The summed E-state index contributed by atoms with van der Waals surface area (Å²) in [7, 11) is 0. The molecule has 166 valence electrons. The Hall–Kier alpha value is -3.65. The molecule has 0 saturated heterocycles. The average Bonchev–Trinajstić information content (AvgIpc) is 3.20. The number of anilines is 3. The lowest BCUT2D eigenvalue weighted by Gasteiger charge is -2.19. The van der Waals surface area contributed by atoms with Crippen LogP contribution in [0.5, 0.6) is 0 Å². The molecule has 0 aliphatic carbocycles. The van der Waals surface area contributed by atoms with Crippen LogP contribution in [0, 0.1) is 6.92 Å². The molecule has 0 atom stereocenters. The smallest absolute Gasteiger partial charge is 0.412 e. The number of amides is 3. The maximum Gasteiger partial charge on any atom is 0.412 e. The van der Waals surface area contributed by atoms with Crippen LogP contribution in [-0.2, 0) is 4.74 Å². The highest BCUT2D eigenvalue weighted by molar-refractivity contribution is 7.16. The zero-order valence-corrected chi connectivity index (χ0v) is 19.1. The second kappa shape index (κ2) is 9.65. The van der Waals surface area contributed by atoms with Gasteiger partial charge in [0.15, 0.2) is 0 Å². The molecule has 0 fully saturated rings. The Bertz CT molecular complexity index is 1110. The van der Waals surface area contributed by atoms with E-state index in [1.54, 1.807) is 57.2 Å². The Morgan fingerprint density at radius 2 is 1.09 bits per heavy atom. The Morgan fingerprint density at radius 3 is 1.53 bits per heavy atom. The monoisotopic (exact) mass is 451 g/mol. The van der Waals surface area contributed by atoms with E-state index in [0.717, 1.165) is 16.9 Å². The lowest BCUT2D eigenvalue weighted by Crippen LogP contribution is -2.27. The van der Waals surface area contributed by atoms with E-state index in [0.29, 0.717) is 26.8 Å². The Labute approximate surface area is 190 Å². The first-order valence-corrected chi connectivity index (χ1v) is 10.8. The van der Waals surface area contributed by atoms with Gasteiger partial charge in [-0.3, -0.25) is 14.9 Å². The predicted octanol–water partition coefficient (Wildman–Crippen LogP) is 5.91. The molecule has 0 bridgehead atoms. The molecule has 32 heavy (non-hydrogen) atoms. The summed E-state index contributed by atoms with van der Waals surface area (Å²) in [5.74, 6) is -0.590. The number of benzene rings is 2. The number of hydrogen-bond acceptors (Lipinski definition) is 5. The van der Waals surface area contributed by atoms with Crippen LogP contribution in [0.4, 0.5) is 21.9 Å². The number of aryl methyl sites for hydroxylation is 1. The zero-order chi connectivity index (χ0) is 23.3. The van der Waals surface area contributed by atoms with E-state index in [-0.39, 0.29) is 11.8 Å². The lowest BCUT2D eigenvalue weighted by molar-refractivity contribution is 0.0635. The number of hydrogen-bond donors (Lipinski definition) is 3. The van der Waals surface area contributed by atoms with E-state index in [1.807, 2.05) is 31.2 Å². The molecule has 0 unspecified atom stereocenters. The van der Waals surface area contributed by atoms with E-state index in [1.165, 1.54) is 0 Å². The maximum atomic E-state index is 12.5. The van der Waals surface area contributed by atoms with E-state index in [2.05, 4.69) is 16.0 Å². The average molecular weight is 452 g/mol. The first-order valence-electron chi connectivity index (χ1n) is 9.98. The first-order chi connectivity index (χ1) is 15.1. The first kappa shape index (κ1) is 23.0. The molecule has 1 aromatic heterocycles. The van der Waals surface area contributed by atoms with Gasteiger partial charge in [-0.25, -0.2) is 4.79 Å². The number of ether oxygens (including phenoxy) is 1. The molecule has 0 radical (unpaired) electrons. The van der Waals surface area contributed by atoms with Crippen LogP contribution < -0.4 is 16.0 Å². The quantitative estimate of drug-likeness (QED) is 0.449. The number of thiophene rings is 1. The molecule has 8 heteroatoms. The summed E-state index contributed by atoms with van der Waals surface area (Å²) < 4.78 is 5.21. The van der Waals surface area contributed by atoms with Gasteiger partial charge in [-0.1, -0.05) is 17.7 Å². The highest BCUT2D eigenvalue weighted by Crippen LogP contribution is 2.21. The van der Waals surface area contributed by atoms with Crippen molar-refractivity contribution in [2.24, 2.45) is 0 Å². The second-order valence-electron chi connectivity index (χ2n) is 8.14. The van der Waals surface area contributed by atoms with Gasteiger partial charge in [-0.2, -0.15) is 0 Å². The van der Waals surface area contributed by atoms with Gasteiger partial charge in [0.05, 0.1) is 9.75 Å². The van der Waals surface area contributed by atoms with Gasteiger partial charge in [0.1, 0.15) is 5.60 Å². The zero-order valence-electron chi connectivity index (χ0n) is 18.3. The fraction of sp³-hybridized carbons (Fsp3) is 0.208. The van der Waals surface area contributed by atoms with Crippen LogP contribution >= 0.6 is 11.3 Å². The normalized spacial score (nSPS) is 10.9. The standard InChI is InChI=1S/C24H25N3O4S/c1-15-5-7-16(8-6-15)25-21(28)19-13-14-20(32-19)22(29)26-17-9-11-18(12-10-17)27-23(30)31-24(2,3)4/h5-14H,1-4H3,(H,25,28)(H,26,29)(H,27,30). The van der Waals surface area contributed by atoms with Crippen molar-refractivity contribution in [3.8, 4) is 0 Å². The molecule has 3 N–H and O–H groups in total. The van der Waals surface area contributed by atoms with Crippen molar-refractivity contribution in [2.75, 3.05) is 16.0 Å². The van der Waals surface area contributed by atoms with Gasteiger partial charge >= 0.3 is 6.09 Å². The number of carbonyl (C=O) groups is 3. The Morgan fingerprint density at radius 1 is 0.688 bits per heavy atom. The van der Waals surface area contributed by atoms with E-state index < -0.39 is 11.7 Å². The van der Waals surface area contributed by atoms with Crippen LogP contribution in [0.15, 0.2) is 60.7 Å². The third kappa shape index (κ3) is 6.68. The van der Waals surface area contributed by atoms with Gasteiger partial charge in [0.2, 0.25) is 0 Å². The summed E-state index contributed by atoms with van der Waals surface area (Å²) in [5.41, 5.74) is 2.31. The molecular formula is C24H25N3O4S. The van der Waals surface area contributed by atoms with Crippen LogP contribution in [0.3, 0.4) is 0 Å². The molecular weight excluding hydrogens is 426 g/mol. The number of nitrogens with one attached hydrogen (secondary N) is 3. The minimum atomic E-state index is -0.589. The van der Waals surface area contributed by atoms with Gasteiger partial charge in [-0.15, -0.1) is 11.3 Å². The van der Waals surface area contributed by atoms with Crippen molar-refractivity contribution in [1.29, 1.82) is 0 Å². The molecule has 3 aromatic rings. The molecule has 0 aliphatic heterocycles. The fourth-order valence-corrected chi connectivity index (χ4v) is 3.46. The van der Waals surface area contributed by atoms with Crippen molar-refractivity contribution in [3.05, 3.63) is 76.0 Å². The summed E-state index contributed by atoms with van der Waals surface area (Å²) in [6.07, 6.45) is -0.552. The van der Waals surface area contributed by atoms with Crippen molar-refractivity contribution in [2.45, 2.75) is 33.3 Å². The number of carbonyl (C=O) groups excluding carboxylic acids is 3. The molecule has 7 nitrogen and oxygen atoms in total. The van der Waals surface area contributed by atoms with Gasteiger partial charge in [-0.05, 0) is 76.2 Å². The maximum absolute atomic E-state index is 12.5. The lowest BCUT2D eigenvalue weighted by atomic mass is 10.2. The van der Waals surface area contributed by atoms with Crippen molar-refractivity contribution in [3.63, 3.8) is 0 Å². The third-order valence-electron chi connectivity index (χ3n) is 4.15. The Kier molecular flexibility index (Phi) is 6.95. The second-order valence-corrected chi connectivity index (χ2v) is 9.23. The number of rotatable bonds is 5. The molecule has 2 aromatic carbocycles. The topological polar surface area (TPSA) is 96.5 Å². The van der Waals surface area contributed by atoms with Crippen molar-refractivity contribution in [1.82, 2.24) is 0 Å². The summed E-state index contributed by atoms with van der Waals surface area (Å²) in [6, 6.07) is 17.4. The van der Waals surface area contributed by atoms with Crippen LogP contribution in [0.1, 0.15) is 45.7 Å². The SMILES string of the molecule is Cc1ccc(NC(=O)c2ccc(C(=O)Nc3ccc(NC(=O)OC(C)(C)C)cc3)s2)cc1. The van der Waals surface area contributed by atoms with E-state index >= 15 is 0 Å². The van der Waals surface area contributed by atoms with Crippen LogP contribution in [0.25, 0.3) is 0 Å². The third-order valence-corrected chi connectivity index (χ3v) is 5.23. The summed E-state index contributed by atoms with van der Waals surface area (Å²) in [6.45, 7) is 7.33. The van der Waals surface area contributed by atoms with Crippen molar-refractivity contribution >= 4 is 46.3 Å². The van der Waals surface area contributed by atoms with Gasteiger partial charge in [0, 0.05) is 17.1 Å². The molecule has 3 rings (SSSR count). The molecule has 0 spiro atoms.